The van der Waals surface area contributed by atoms with E-state index in [2.05, 4.69) is 15.0 Å². The molecule has 354 valence electrons. The molecule has 4 aromatic heterocycles. The Morgan fingerprint density at radius 1 is 0.638 bits per heavy atom. The zero-order valence-corrected chi connectivity index (χ0v) is 37.8. The van der Waals surface area contributed by atoms with Crippen LogP contribution in [0.25, 0.3) is 11.3 Å². The van der Waals surface area contributed by atoms with Gasteiger partial charge in [-0.3, -0.25) is 28.0 Å². The molecule has 16 nitrogen and oxygen atoms in total. The van der Waals surface area contributed by atoms with Crippen molar-refractivity contribution in [2.75, 3.05) is 48.6 Å². The number of carboxylic acid groups (broad SMARTS) is 2. The van der Waals surface area contributed by atoms with Crippen LogP contribution in [-0.2, 0) is 41.4 Å². The van der Waals surface area contributed by atoms with Crippen molar-refractivity contribution >= 4 is 58.1 Å². The number of anilines is 4. The maximum Gasteiger partial charge on any atom is 0.416 e. The molecular weight excluding hydrogens is 894 g/mol. The van der Waals surface area contributed by atoms with Crippen LogP contribution in [0.4, 0.5) is 36.2 Å². The Kier molecular flexibility index (Phi) is 12.8. The lowest BCUT2D eigenvalue weighted by molar-refractivity contribution is -0.138. The molecule has 0 atom stereocenters. The summed E-state index contributed by atoms with van der Waals surface area (Å²) in [6, 6.07) is 24.1. The van der Waals surface area contributed by atoms with Crippen LogP contribution in [0.1, 0.15) is 68.5 Å². The number of imidazole rings is 2. The van der Waals surface area contributed by atoms with Gasteiger partial charge in [0.1, 0.15) is 34.6 Å². The van der Waals surface area contributed by atoms with E-state index in [0.29, 0.717) is 57.2 Å². The Balaban J connectivity index is 0.000000216. The summed E-state index contributed by atoms with van der Waals surface area (Å²) in [7, 11) is 6.86. The molecule has 2 amide bonds. The van der Waals surface area contributed by atoms with Gasteiger partial charge in [0.05, 0.1) is 18.4 Å². The molecule has 8 rings (SSSR count). The molecule has 19 heteroatoms. The Hall–Kier alpha value is -8.61. The summed E-state index contributed by atoms with van der Waals surface area (Å²) in [6.45, 7) is 1.94. The van der Waals surface area contributed by atoms with Crippen LogP contribution in [0.3, 0.4) is 0 Å². The molecular formula is C50H47F3N10O6. The minimum atomic E-state index is -4.54. The average Bonchev–Trinajstić information content (AvgIpc) is 4.06. The van der Waals surface area contributed by atoms with Gasteiger partial charge in [-0.25, -0.2) is 19.9 Å². The van der Waals surface area contributed by atoms with Gasteiger partial charge in [-0.05, 0) is 78.7 Å². The van der Waals surface area contributed by atoms with E-state index in [0.717, 1.165) is 40.7 Å². The lowest BCUT2D eigenvalue weighted by atomic mass is 10.1. The topological polar surface area (TPSA) is 200 Å². The zero-order valence-electron chi connectivity index (χ0n) is 41.8. The van der Waals surface area contributed by atoms with Gasteiger partial charge in [0.25, 0.3) is 11.8 Å². The molecule has 0 aliphatic heterocycles. The fraction of sp³-hybridized carbons (Fsp3) is 0.200. The number of aryl methyl sites for hydroxylation is 1. The lowest BCUT2D eigenvalue weighted by Crippen LogP contribution is -2.19. The van der Waals surface area contributed by atoms with Gasteiger partial charge in [-0.2, -0.15) is 13.2 Å². The molecule has 0 saturated heterocycles. The zero-order chi connectivity index (χ0) is 53.1. The molecule has 0 aliphatic rings. The first kappa shape index (κ1) is 43.0. The number of nitrogens with zero attached hydrogens (tertiary/aromatic N) is 8. The molecule has 0 saturated carbocycles. The Bertz CT molecular complexity index is 3330. The number of halogens is 3. The number of hydrogen-bond acceptors (Lipinski definition) is 10. The summed E-state index contributed by atoms with van der Waals surface area (Å²) < 4.78 is 74.3. The highest BCUT2D eigenvalue weighted by Gasteiger charge is 2.30. The van der Waals surface area contributed by atoms with Crippen LogP contribution < -0.4 is 20.4 Å². The number of aromatic nitrogens is 6. The molecule has 0 aliphatic carbocycles. The van der Waals surface area contributed by atoms with Gasteiger partial charge >= 0.3 is 18.1 Å². The first-order valence-electron chi connectivity index (χ1n) is 22.9. The first-order valence-corrected chi connectivity index (χ1v) is 21.1. The summed E-state index contributed by atoms with van der Waals surface area (Å²) in [5, 5.41) is 20.3. The molecule has 69 heavy (non-hydrogen) atoms. The Labute approximate surface area is 399 Å². The highest BCUT2D eigenvalue weighted by molar-refractivity contribution is 6.05. The van der Waals surface area contributed by atoms with Gasteiger partial charge in [0, 0.05) is 102 Å². The molecule has 0 radical (unpaired) electrons. The van der Waals surface area contributed by atoms with Gasteiger partial charge in [-0.1, -0.05) is 42.0 Å². The minimum Gasteiger partial charge on any atom is -0.481 e. The number of amides is 2. The molecule has 4 N–H and O–H groups in total. The second-order valence-corrected chi connectivity index (χ2v) is 16.0. The van der Waals surface area contributed by atoms with Crippen molar-refractivity contribution in [2.24, 2.45) is 0 Å². The average molecular weight is 945 g/mol. The standard InChI is InChI=1S/C25H22F3N5O3.C25H25N5O3/c1-32(2)23-19(14-21(34)35)22-29-11-12-33(22)20(31-23)13-15-3-9-18(10-4-15)30-24(36)16-5-7-17(8-6-16)25(26,27)28;1-16-4-8-18(9-5-16)25(33)27-19-10-6-17(7-11-19)14-21-28-24(29(2)3)20(15-22(31)32)23-26-12-13-30(21)23/h3-12H,13-14H2,1-2H3,(H,30,36)(H,34,35);4-13H,14-15H2,1-3H3,(H,27,33)(H,31,32)/i14D2;/hD2. The van der Waals surface area contributed by atoms with Crippen LogP contribution >= 0.6 is 0 Å². The van der Waals surface area contributed by atoms with Crippen molar-refractivity contribution in [3.8, 4) is 0 Å². The summed E-state index contributed by atoms with van der Waals surface area (Å²) >= 11 is 0. The molecule has 0 bridgehead atoms. The third-order valence-electron chi connectivity index (χ3n) is 10.5. The van der Waals surface area contributed by atoms with Crippen molar-refractivity contribution in [1.29, 1.82) is 0 Å². The predicted octanol–water partition coefficient (Wildman–Crippen LogP) is 7.86. The third kappa shape index (κ3) is 11.7. The van der Waals surface area contributed by atoms with Crippen LogP contribution in [0.15, 0.2) is 122 Å². The molecule has 0 unspecified atom stereocenters. The number of alkyl halides is 3. The number of nitrogens with one attached hydrogen (secondary N) is 2. The van der Waals surface area contributed by atoms with Crippen LogP contribution in [-0.4, -0.2) is 90.9 Å². The van der Waals surface area contributed by atoms with E-state index in [9.17, 15) is 42.6 Å². The lowest BCUT2D eigenvalue weighted by Gasteiger charge is -2.18. The quantitative estimate of drug-likeness (QED) is 0.0824. The number of carboxylic acids is 2. The van der Waals surface area contributed by atoms with Crippen molar-refractivity contribution in [3.05, 3.63) is 178 Å². The molecule has 0 spiro atoms. The fourth-order valence-electron chi connectivity index (χ4n) is 7.18. The first-order chi connectivity index (χ1) is 34.5. The number of aliphatic carboxylic acids is 2. The van der Waals surface area contributed by atoms with E-state index < -0.39 is 41.9 Å². The minimum absolute atomic E-state index is 0.0775. The van der Waals surface area contributed by atoms with Crippen molar-refractivity contribution in [3.63, 3.8) is 0 Å². The summed E-state index contributed by atoms with van der Waals surface area (Å²) in [5.41, 5.74) is 3.84. The number of fused-ring (bicyclic) bond motifs is 2. The monoisotopic (exact) mass is 944 g/mol. The maximum absolute atomic E-state index is 12.8. The molecule has 0 fully saturated rings. The largest absolute Gasteiger partial charge is 0.481 e. The van der Waals surface area contributed by atoms with Crippen molar-refractivity contribution in [2.45, 2.75) is 38.7 Å². The maximum atomic E-state index is 12.8. The van der Waals surface area contributed by atoms with E-state index in [1.54, 1.807) is 78.4 Å². The third-order valence-corrected chi connectivity index (χ3v) is 10.5. The van der Waals surface area contributed by atoms with Crippen LogP contribution in [0.2, 0.25) is 2.82 Å². The number of rotatable bonds is 14. The van der Waals surface area contributed by atoms with E-state index in [1.165, 1.54) is 27.6 Å². The van der Waals surface area contributed by atoms with E-state index in [-0.39, 0.29) is 41.1 Å². The van der Waals surface area contributed by atoms with Gasteiger partial charge in [0.15, 0.2) is 2.82 Å². The van der Waals surface area contributed by atoms with Crippen LogP contribution in [0.5, 0.6) is 0 Å². The van der Waals surface area contributed by atoms with Crippen LogP contribution in [0, 0.1) is 6.92 Å². The van der Waals surface area contributed by atoms with Crippen molar-refractivity contribution in [1.82, 2.24) is 28.7 Å². The summed E-state index contributed by atoms with van der Waals surface area (Å²) in [4.78, 5) is 69.4. The predicted molar refractivity (Wildman–Crippen MR) is 254 cm³/mol. The number of carbonyl (C=O) groups is 4. The summed E-state index contributed by atoms with van der Waals surface area (Å²) in [5.74, 6) is -2.02. The van der Waals surface area contributed by atoms with E-state index in [4.69, 9.17) is 10.5 Å². The fourth-order valence-corrected chi connectivity index (χ4v) is 7.18. The number of carbonyl (C=O) groups excluding carboxylic acids is 2. The molecule has 8 aromatic rings. The second-order valence-electron chi connectivity index (χ2n) is 16.0. The normalized spacial score (nSPS) is 12.2. The highest BCUT2D eigenvalue weighted by Crippen LogP contribution is 2.30. The van der Waals surface area contributed by atoms with E-state index >= 15 is 0 Å². The van der Waals surface area contributed by atoms with Gasteiger partial charge in [-0.15, -0.1) is 0 Å². The van der Waals surface area contributed by atoms with E-state index in [1.807, 2.05) is 45.3 Å². The number of hydrogen-bond donors (Lipinski definition) is 4. The van der Waals surface area contributed by atoms with Gasteiger partial charge in [0.2, 0.25) is 0 Å². The molecule has 4 heterocycles. The SMILES string of the molecule is [2H]N(C(=O)c1ccc(C(F)(F)F)cc1)c1ccc(Cc2nc(N(C)C)c(C([2H])([2H])C(=O)O)c3nccn23)cc1.[2H]N(C(=O)c1ccc(C)cc1)c1ccc(Cc2nc(N(C)C)c(CC(=O)O)c3nccn23)cc1. The second kappa shape index (κ2) is 20.5. The van der Waals surface area contributed by atoms with Crippen molar-refractivity contribution < 1.29 is 48.1 Å². The number of benzene rings is 4. The summed E-state index contributed by atoms with van der Waals surface area (Å²) in [6.07, 6.45) is -0.436. The Morgan fingerprint density at radius 3 is 1.46 bits per heavy atom. The molecule has 4 aromatic carbocycles. The highest BCUT2D eigenvalue weighted by atomic mass is 19.4. The Morgan fingerprint density at radius 2 is 1.06 bits per heavy atom. The van der Waals surface area contributed by atoms with Gasteiger partial charge < -0.3 is 30.6 Å². The smallest absolute Gasteiger partial charge is 0.416 e.